The van der Waals surface area contributed by atoms with Crippen molar-refractivity contribution in [3.8, 4) is 11.8 Å². The average Bonchev–Trinajstić information content (AvgIpc) is 3.32. The van der Waals surface area contributed by atoms with Gasteiger partial charge >= 0.3 is 0 Å². The van der Waals surface area contributed by atoms with E-state index in [0.29, 0.717) is 17.0 Å². The molecule has 0 aliphatic carbocycles. The number of nitrogens with zero attached hydrogens (tertiary/aromatic N) is 3. The number of ether oxygens (including phenoxy) is 1. The fourth-order valence-electron chi connectivity index (χ4n) is 2.47. The van der Waals surface area contributed by atoms with Crippen molar-refractivity contribution in [3.63, 3.8) is 0 Å². The maximum Gasteiger partial charge on any atom is 0.273 e. The van der Waals surface area contributed by atoms with Crippen LogP contribution in [0.3, 0.4) is 0 Å². The number of carbonyl (C=O) groups is 1. The minimum atomic E-state index is -3.84. The highest BCUT2D eigenvalue weighted by Crippen LogP contribution is 2.22. The maximum atomic E-state index is 12.6. The molecule has 1 aromatic carbocycles. The van der Waals surface area contributed by atoms with Crippen LogP contribution in [0, 0.1) is 11.3 Å². The summed E-state index contributed by atoms with van der Waals surface area (Å²) in [6.07, 6.45) is 2.64. The molecule has 0 radical (unpaired) electrons. The molecule has 2 N–H and O–H groups in total. The Morgan fingerprint density at radius 1 is 1.29 bits per heavy atom. The van der Waals surface area contributed by atoms with E-state index in [0.717, 1.165) is 11.3 Å². The summed E-state index contributed by atoms with van der Waals surface area (Å²) in [6.45, 7) is 1.61. The highest BCUT2D eigenvalue weighted by Gasteiger charge is 2.19. The lowest BCUT2D eigenvalue weighted by Gasteiger charge is -2.10. The molecule has 0 atom stereocenters. The van der Waals surface area contributed by atoms with E-state index in [2.05, 4.69) is 20.2 Å². The third-order valence-corrected chi connectivity index (χ3v) is 6.71. The predicted molar refractivity (Wildman–Crippen MR) is 117 cm³/mol. The highest BCUT2D eigenvalue weighted by atomic mass is 32.2. The number of anilines is 1. The van der Waals surface area contributed by atoms with Crippen LogP contribution in [0.4, 0.5) is 5.69 Å². The minimum absolute atomic E-state index is 0.0353. The van der Waals surface area contributed by atoms with Gasteiger partial charge in [-0.15, -0.1) is 11.3 Å². The van der Waals surface area contributed by atoms with E-state index in [1.807, 2.05) is 6.07 Å². The Morgan fingerprint density at radius 3 is 2.87 bits per heavy atom. The van der Waals surface area contributed by atoms with Gasteiger partial charge in [-0.2, -0.15) is 10.4 Å². The van der Waals surface area contributed by atoms with Crippen LogP contribution in [0.5, 0.6) is 5.75 Å². The summed E-state index contributed by atoms with van der Waals surface area (Å²) in [4.78, 5) is 16.5. The van der Waals surface area contributed by atoms with Crippen molar-refractivity contribution in [1.29, 1.82) is 5.26 Å². The zero-order valence-corrected chi connectivity index (χ0v) is 17.9. The number of aromatic nitrogens is 1. The number of thiophene rings is 1. The summed E-state index contributed by atoms with van der Waals surface area (Å²) in [5, 5.41) is 14.3. The average molecular weight is 456 g/mol. The molecule has 0 spiro atoms. The molecule has 0 saturated carbocycles. The van der Waals surface area contributed by atoms with Crippen molar-refractivity contribution >= 4 is 38.7 Å². The lowest BCUT2D eigenvalue weighted by atomic mass is 10.1. The van der Waals surface area contributed by atoms with Crippen molar-refractivity contribution in [2.45, 2.75) is 11.1 Å². The normalized spacial score (nSPS) is 11.4. The lowest BCUT2D eigenvalue weighted by Crippen LogP contribution is -2.22. The number of hydrazone groups is 1. The number of sulfonamides is 1. The quantitative estimate of drug-likeness (QED) is 0.396. The van der Waals surface area contributed by atoms with Crippen LogP contribution >= 0.6 is 11.3 Å². The van der Waals surface area contributed by atoms with Gasteiger partial charge in [-0.05, 0) is 36.6 Å². The summed E-state index contributed by atoms with van der Waals surface area (Å²) in [5.41, 5.74) is 3.69. The second kappa shape index (κ2) is 9.84. The van der Waals surface area contributed by atoms with Gasteiger partial charge in [0.25, 0.3) is 15.9 Å². The van der Waals surface area contributed by atoms with Gasteiger partial charge in [0.2, 0.25) is 0 Å². The molecule has 31 heavy (non-hydrogen) atoms. The van der Waals surface area contributed by atoms with Crippen molar-refractivity contribution in [2.75, 3.05) is 11.3 Å². The van der Waals surface area contributed by atoms with E-state index in [1.165, 1.54) is 24.5 Å². The van der Waals surface area contributed by atoms with Gasteiger partial charge in [-0.1, -0.05) is 18.2 Å². The standard InChI is InChI=1S/C20H17N5O4S2/c1-14(15-4-2-5-16(12-15)29-10-8-21)23-24-20(26)17-7-9-22-13-18(17)25-31(27,28)19-6-3-11-30-19/h2-7,9,11-13,25H,10H2,1H3,(H,24,26). The first-order chi connectivity index (χ1) is 14.9. The third kappa shape index (κ3) is 5.65. The fourth-order valence-corrected chi connectivity index (χ4v) is 4.53. The number of carbonyl (C=O) groups excluding carboxylic acids is 1. The van der Waals surface area contributed by atoms with Crippen LogP contribution in [0.1, 0.15) is 22.8 Å². The Morgan fingerprint density at radius 2 is 2.13 bits per heavy atom. The molecule has 0 bridgehead atoms. The molecular weight excluding hydrogens is 438 g/mol. The predicted octanol–water partition coefficient (Wildman–Crippen LogP) is 3.00. The van der Waals surface area contributed by atoms with Gasteiger partial charge in [0.05, 0.1) is 23.2 Å². The first-order valence-electron chi connectivity index (χ1n) is 8.86. The van der Waals surface area contributed by atoms with Gasteiger partial charge in [0.1, 0.15) is 16.0 Å². The van der Waals surface area contributed by atoms with Crippen molar-refractivity contribution in [1.82, 2.24) is 10.4 Å². The molecule has 0 unspecified atom stereocenters. The number of nitrogens with one attached hydrogen (secondary N) is 2. The molecule has 3 aromatic rings. The molecule has 0 fully saturated rings. The van der Waals surface area contributed by atoms with Crippen LogP contribution in [-0.2, 0) is 10.0 Å². The molecular formula is C20H17N5O4S2. The molecule has 0 aliphatic heterocycles. The third-order valence-electron chi connectivity index (χ3n) is 3.95. The Kier molecular flexibility index (Phi) is 6.96. The lowest BCUT2D eigenvalue weighted by molar-refractivity contribution is 0.0955. The van der Waals surface area contributed by atoms with Gasteiger partial charge < -0.3 is 4.74 Å². The first kappa shape index (κ1) is 21.9. The molecule has 2 aromatic heterocycles. The first-order valence-corrected chi connectivity index (χ1v) is 11.2. The summed E-state index contributed by atoms with van der Waals surface area (Å²) in [5.74, 6) is -0.109. The molecule has 9 nitrogen and oxygen atoms in total. The molecule has 158 valence electrons. The van der Waals surface area contributed by atoms with Crippen molar-refractivity contribution < 1.29 is 17.9 Å². The Bertz CT molecular complexity index is 1250. The maximum absolute atomic E-state index is 12.6. The Balaban J connectivity index is 1.76. The van der Waals surface area contributed by atoms with Crippen molar-refractivity contribution in [2.24, 2.45) is 5.10 Å². The van der Waals surface area contributed by atoms with Gasteiger partial charge in [-0.25, -0.2) is 13.8 Å². The fraction of sp³-hybridized carbons (Fsp3) is 0.100. The number of hydrogen-bond acceptors (Lipinski definition) is 8. The molecule has 11 heteroatoms. The minimum Gasteiger partial charge on any atom is -0.479 e. The number of hydrogen-bond donors (Lipinski definition) is 2. The summed E-state index contributed by atoms with van der Waals surface area (Å²) >= 11 is 1.06. The second-order valence-electron chi connectivity index (χ2n) is 6.07. The molecule has 2 heterocycles. The second-order valence-corrected chi connectivity index (χ2v) is 8.93. The SMILES string of the molecule is CC(=NNC(=O)c1ccncc1NS(=O)(=O)c1cccs1)c1cccc(OCC#N)c1. The number of rotatable bonds is 8. The van der Waals surface area contributed by atoms with Crippen LogP contribution in [-0.4, -0.2) is 31.6 Å². The van der Waals surface area contributed by atoms with Gasteiger partial charge in [0, 0.05) is 11.8 Å². The summed E-state index contributed by atoms with van der Waals surface area (Å²) < 4.78 is 32.7. The van der Waals surface area contributed by atoms with Gasteiger partial charge in [0.15, 0.2) is 6.61 Å². The van der Waals surface area contributed by atoms with Crippen LogP contribution < -0.4 is 14.9 Å². The van der Waals surface area contributed by atoms with E-state index >= 15 is 0 Å². The van der Waals surface area contributed by atoms with E-state index in [4.69, 9.17) is 10.00 Å². The number of amides is 1. The largest absolute Gasteiger partial charge is 0.479 e. The van der Waals surface area contributed by atoms with Crippen LogP contribution in [0.2, 0.25) is 0 Å². The Hall–Kier alpha value is -3.75. The monoisotopic (exact) mass is 455 g/mol. The Labute approximate surface area is 183 Å². The highest BCUT2D eigenvalue weighted by molar-refractivity contribution is 7.94. The van der Waals surface area contributed by atoms with E-state index in [-0.39, 0.29) is 22.1 Å². The topological polar surface area (TPSA) is 134 Å². The zero-order valence-electron chi connectivity index (χ0n) is 16.3. The number of nitriles is 1. The number of pyridine rings is 1. The van der Waals surface area contributed by atoms with E-state index < -0.39 is 15.9 Å². The zero-order chi connectivity index (χ0) is 22.3. The summed E-state index contributed by atoms with van der Waals surface area (Å²) in [6, 6.07) is 13.3. The number of benzene rings is 1. The van der Waals surface area contributed by atoms with Gasteiger partial charge in [-0.3, -0.25) is 14.5 Å². The molecule has 1 amide bonds. The van der Waals surface area contributed by atoms with Crippen LogP contribution in [0.15, 0.2) is 69.5 Å². The summed E-state index contributed by atoms with van der Waals surface area (Å²) in [7, 11) is -3.84. The smallest absolute Gasteiger partial charge is 0.273 e. The molecule has 3 rings (SSSR count). The molecule has 0 aliphatic rings. The van der Waals surface area contributed by atoms with Crippen molar-refractivity contribution in [3.05, 3.63) is 71.4 Å². The van der Waals surface area contributed by atoms with Crippen LogP contribution in [0.25, 0.3) is 0 Å². The van der Waals surface area contributed by atoms with E-state index in [1.54, 1.807) is 42.6 Å². The molecule has 0 saturated heterocycles. The van der Waals surface area contributed by atoms with E-state index in [9.17, 15) is 13.2 Å².